The van der Waals surface area contributed by atoms with E-state index in [1.54, 1.807) is 17.5 Å². The van der Waals surface area contributed by atoms with Crippen LogP contribution in [-0.4, -0.2) is 30.5 Å². The molecule has 1 saturated heterocycles. The lowest BCUT2D eigenvalue weighted by atomic mass is 9.96. The van der Waals surface area contributed by atoms with Crippen molar-refractivity contribution in [1.29, 1.82) is 0 Å². The van der Waals surface area contributed by atoms with E-state index >= 15 is 0 Å². The Morgan fingerprint density at radius 2 is 2.08 bits per heavy atom. The highest BCUT2D eigenvalue weighted by atomic mass is 35.5. The zero-order chi connectivity index (χ0) is 16.8. The molecule has 2 heterocycles. The van der Waals surface area contributed by atoms with Gasteiger partial charge in [-0.15, -0.1) is 36.2 Å². The molecule has 1 unspecified atom stereocenters. The number of nitrogens with zero attached hydrogens (tertiary/aromatic N) is 1. The number of halogens is 3. The van der Waals surface area contributed by atoms with Crippen LogP contribution in [0.5, 0.6) is 0 Å². The Balaban J connectivity index is 0.00000169. The molecule has 0 saturated carbocycles. The van der Waals surface area contributed by atoms with Crippen molar-refractivity contribution in [3.63, 3.8) is 0 Å². The Morgan fingerprint density at radius 3 is 2.77 bits per heavy atom. The molecule has 1 amide bonds. The standard InChI is InChI=1S/C18H22FN3OS.2ClH/c19-15-5-3-13(4-6-15)10-17-22-16(12-24-17)18(23)21-9-7-14-2-1-8-20-11-14;;/h3-6,12,14,20H,1-2,7-11H2,(H,21,23);2*1H. The van der Waals surface area contributed by atoms with Gasteiger partial charge in [-0.1, -0.05) is 12.1 Å². The van der Waals surface area contributed by atoms with Crippen molar-refractivity contribution in [2.45, 2.75) is 25.7 Å². The van der Waals surface area contributed by atoms with Gasteiger partial charge in [-0.3, -0.25) is 4.79 Å². The van der Waals surface area contributed by atoms with E-state index in [9.17, 15) is 9.18 Å². The number of benzene rings is 1. The summed E-state index contributed by atoms with van der Waals surface area (Å²) in [6, 6.07) is 6.37. The molecular formula is C18H24Cl2FN3OS. The van der Waals surface area contributed by atoms with Crippen molar-refractivity contribution in [3.8, 4) is 0 Å². The fourth-order valence-electron chi connectivity index (χ4n) is 2.92. The quantitative estimate of drug-likeness (QED) is 0.747. The Morgan fingerprint density at radius 1 is 1.31 bits per heavy atom. The Labute approximate surface area is 169 Å². The Kier molecular flexibility index (Phi) is 10.1. The molecule has 3 rings (SSSR count). The Bertz CT molecular complexity index is 675. The first-order valence-electron chi connectivity index (χ1n) is 8.38. The first-order valence-corrected chi connectivity index (χ1v) is 9.26. The minimum absolute atomic E-state index is 0. The maximum atomic E-state index is 12.9. The average molecular weight is 420 g/mol. The molecule has 26 heavy (non-hydrogen) atoms. The second-order valence-electron chi connectivity index (χ2n) is 6.19. The lowest BCUT2D eigenvalue weighted by molar-refractivity contribution is 0.0946. The SMILES string of the molecule is Cl.Cl.O=C(NCCC1CCCNC1)c1csc(Cc2ccc(F)cc2)n1. The number of aromatic nitrogens is 1. The molecule has 1 fully saturated rings. The summed E-state index contributed by atoms with van der Waals surface area (Å²) in [5.41, 5.74) is 1.46. The number of carbonyl (C=O) groups is 1. The highest BCUT2D eigenvalue weighted by molar-refractivity contribution is 7.09. The summed E-state index contributed by atoms with van der Waals surface area (Å²) in [6.45, 7) is 2.85. The third kappa shape index (κ3) is 6.83. The molecule has 2 N–H and O–H groups in total. The van der Waals surface area contributed by atoms with Crippen molar-refractivity contribution < 1.29 is 9.18 Å². The predicted octanol–water partition coefficient (Wildman–Crippen LogP) is 3.84. The number of rotatable bonds is 6. The molecule has 8 heteroatoms. The number of hydrogen-bond acceptors (Lipinski definition) is 4. The number of piperidine rings is 1. The number of hydrogen-bond donors (Lipinski definition) is 2. The van der Waals surface area contributed by atoms with Gasteiger partial charge in [-0.2, -0.15) is 0 Å². The number of nitrogens with one attached hydrogen (secondary N) is 2. The molecular weight excluding hydrogens is 396 g/mol. The minimum atomic E-state index is -0.244. The van der Waals surface area contributed by atoms with Gasteiger partial charge in [0.2, 0.25) is 0 Å². The summed E-state index contributed by atoms with van der Waals surface area (Å²) in [7, 11) is 0. The molecule has 1 aromatic carbocycles. The van der Waals surface area contributed by atoms with Crippen LogP contribution in [0.2, 0.25) is 0 Å². The van der Waals surface area contributed by atoms with Crippen molar-refractivity contribution in [2.24, 2.45) is 5.92 Å². The lowest BCUT2D eigenvalue weighted by Crippen LogP contribution is -2.33. The van der Waals surface area contributed by atoms with Gasteiger partial charge in [0.1, 0.15) is 11.5 Å². The predicted molar refractivity (Wildman–Crippen MR) is 108 cm³/mol. The lowest BCUT2D eigenvalue weighted by Gasteiger charge is -2.22. The van der Waals surface area contributed by atoms with Gasteiger partial charge in [-0.05, 0) is 56.0 Å². The third-order valence-corrected chi connectivity index (χ3v) is 5.14. The second-order valence-corrected chi connectivity index (χ2v) is 7.13. The number of carbonyl (C=O) groups excluding carboxylic acids is 1. The van der Waals surface area contributed by atoms with Gasteiger partial charge in [0.15, 0.2) is 0 Å². The average Bonchev–Trinajstić information content (AvgIpc) is 3.06. The maximum Gasteiger partial charge on any atom is 0.270 e. The van der Waals surface area contributed by atoms with Crippen molar-refractivity contribution in [1.82, 2.24) is 15.6 Å². The largest absolute Gasteiger partial charge is 0.351 e. The normalized spacial score (nSPS) is 16.3. The molecule has 1 atom stereocenters. The van der Waals surface area contributed by atoms with Gasteiger partial charge < -0.3 is 10.6 Å². The molecule has 144 valence electrons. The first-order chi connectivity index (χ1) is 11.7. The molecule has 2 aromatic rings. The molecule has 0 radical (unpaired) electrons. The fraction of sp³-hybridized carbons (Fsp3) is 0.444. The van der Waals surface area contributed by atoms with E-state index in [0.717, 1.165) is 30.1 Å². The van der Waals surface area contributed by atoms with Crippen LogP contribution in [0.3, 0.4) is 0 Å². The van der Waals surface area contributed by atoms with E-state index in [0.29, 0.717) is 24.6 Å². The molecule has 4 nitrogen and oxygen atoms in total. The van der Waals surface area contributed by atoms with Gasteiger partial charge in [0.25, 0.3) is 5.91 Å². The van der Waals surface area contributed by atoms with Crippen LogP contribution in [0.4, 0.5) is 4.39 Å². The molecule has 0 spiro atoms. The summed E-state index contributed by atoms with van der Waals surface area (Å²) in [5.74, 6) is 0.301. The van der Waals surface area contributed by atoms with E-state index in [4.69, 9.17) is 0 Å². The van der Waals surface area contributed by atoms with Gasteiger partial charge in [-0.25, -0.2) is 9.37 Å². The van der Waals surface area contributed by atoms with E-state index in [2.05, 4.69) is 15.6 Å². The summed E-state index contributed by atoms with van der Waals surface area (Å²) < 4.78 is 12.9. The van der Waals surface area contributed by atoms with Crippen molar-refractivity contribution >= 4 is 42.1 Å². The highest BCUT2D eigenvalue weighted by Crippen LogP contribution is 2.16. The van der Waals surface area contributed by atoms with E-state index < -0.39 is 0 Å². The van der Waals surface area contributed by atoms with E-state index in [-0.39, 0.29) is 36.5 Å². The third-order valence-electron chi connectivity index (χ3n) is 4.29. The molecule has 0 bridgehead atoms. The highest BCUT2D eigenvalue weighted by Gasteiger charge is 2.14. The summed E-state index contributed by atoms with van der Waals surface area (Å²) in [4.78, 5) is 16.6. The Hall–Kier alpha value is -1.21. The van der Waals surface area contributed by atoms with E-state index in [1.807, 2.05) is 0 Å². The van der Waals surface area contributed by atoms with Crippen LogP contribution in [0.1, 0.15) is 40.3 Å². The van der Waals surface area contributed by atoms with Crippen LogP contribution < -0.4 is 10.6 Å². The summed E-state index contributed by atoms with van der Waals surface area (Å²) in [5, 5.41) is 9.00. The monoisotopic (exact) mass is 419 g/mol. The zero-order valence-corrected chi connectivity index (χ0v) is 16.8. The smallest absolute Gasteiger partial charge is 0.270 e. The van der Waals surface area contributed by atoms with Crippen LogP contribution >= 0.6 is 36.2 Å². The molecule has 1 aliphatic heterocycles. The molecule has 1 aliphatic rings. The first kappa shape index (κ1) is 22.8. The van der Waals surface area contributed by atoms with E-state index in [1.165, 1.54) is 36.3 Å². The maximum absolute atomic E-state index is 12.9. The minimum Gasteiger partial charge on any atom is -0.351 e. The second kappa shape index (κ2) is 11.5. The van der Waals surface area contributed by atoms with Crippen molar-refractivity contribution in [2.75, 3.05) is 19.6 Å². The van der Waals surface area contributed by atoms with Crippen LogP contribution in [-0.2, 0) is 6.42 Å². The molecule has 1 aromatic heterocycles. The van der Waals surface area contributed by atoms with Crippen LogP contribution in [0.15, 0.2) is 29.6 Å². The fourth-order valence-corrected chi connectivity index (χ4v) is 3.73. The zero-order valence-electron chi connectivity index (χ0n) is 14.4. The molecule has 0 aliphatic carbocycles. The van der Waals surface area contributed by atoms with Gasteiger partial charge >= 0.3 is 0 Å². The number of thiazole rings is 1. The van der Waals surface area contributed by atoms with Gasteiger partial charge in [0, 0.05) is 18.3 Å². The summed E-state index contributed by atoms with van der Waals surface area (Å²) in [6.07, 6.45) is 4.08. The number of amides is 1. The summed E-state index contributed by atoms with van der Waals surface area (Å²) >= 11 is 1.46. The topological polar surface area (TPSA) is 54.0 Å². The van der Waals surface area contributed by atoms with Crippen LogP contribution in [0, 0.1) is 11.7 Å². The van der Waals surface area contributed by atoms with Gasteiger partial charge in [0.05, 0.1) is 5.01 Å². The van der Waals surface area contributed by atoms with Crippen LogP contribution in [0.25, 0.3) is 0 Å². The van der Waals surface area contributed by atoms with Crippen molar-refractivity contribution in [3.05, 3.63) is 51.7 Å².